The number of carbonyl (C=O) groups is 1. The second-order valence-electron chi connectivity index (χ2n) is 5.77. The summed E-state index contributed by atoms with van der Waals surface area (Å²) in [5.41, 5.74) is 1.24. The quantitative estimate of drug-likeness (QED) is 0.627. The highest BCUT2D eigenvalue weighted by Crippen LogP contribution is 2.39. The number of amides is 1. The van der Waals surface area contributed by atoms with E-state index in [0.29, 0.717) is 17.3 Å². The molecule has 0 N–H and O–H groups in total. The summed E-state index contributed by atoms with van der Waals surface area (Å²) in [6.45, 7) is 0.700. The topological polar surface area (TPSA) is 29.5 Å². The van der Waals surface area contributed by atoms with Gasteiger partial charge in [0.2, 0.25) is 0 Å². The maximum atomic E-state index is 12.9. The Morgan fingerprint density at radius 1 is 1.16 bits per heavy atom. The highest BCUT2D eigenvalue weighted by atomic mass is 35.5. The molecule has 1 atom stereocenters. The largest absolute Gasteiger partial charge is 0.482 e. The zero-order valence-electron chi connectivity index (χ0n) is 13.4. The van der Waals surface area contributed by atoms with Crippen LogP contribution in [0, 0.1) is 0 Å². The molecular formula is C19H16ClNO2S2. The van der Waals surface area contributed by atoms with Crippen LogP contribution in [-0.4, -0.2) is 24.0 Å². The monoisotopic (exact) mass is 389 g/mol. The molecule has 0 spiro atoms. The van der Waals surface area contributed by atoms with Crippen molar-refractivity contribution in [3.8, 4) is 5.75 Å². The average Bonchev–Trinajstić information content (AvgIpc) is 3.31. The molecule has 0 saturated carbocycles. The lowest BCUT2D eigenvalue weighted by molar-refractivity contribution is -0.135. The maximum Gasteiger partial charge on any atom is 0.261 e. The van der Waals surface area contributed by atoms with Gasteiger partial charge in [-0.3, -0.25) is 4.79 Å². The molecule has 3 nitrogen and oxygen atoms in total. The van der Waals surface area contributed by atoms with Crippen LogP contribution in [0.2, 0.25) is 5.02 Å². The summed E-state index contributed by atoms with van der Waals surface area (Å²) < 4.78 is 5.67. The van der Waals surface area contributed by atoms with Crippen LogP contribution >= 0.6 is 34.3 Å². The number of hydrogen-bond donors (Lipinski definition) is 0. The van der Waals surface area contributed by atoms with Crippen molar-refractivity contribution in [1.29, 1.82) is 0 Å². The molecule has 2 aromatic heterocycles. The van der Waals surface area contributed by atoms with Gasteiger partial charge in [-0.05, 0) is 47.0 Å². The minimum atomic E-state index is -0.0184. The molecule has 1 amide bonds. The molecule has 1 aromatic carbocycles. The molecule has 1 aliphatic heterocycles. The van der Waals surface area contributed by atoms with Crippen LogP contribution in [0.3, 0.4) is 0 Å². The summed E-state index contributed by atoms with van der Waals surface area (Å²) in [7, 11) is 0. The van der Waals surface area contributed by atoms with Crippen molar-refractivity contribution in [2.45, 2.75) is 12.5 Å². The van der Waals surface area contributed by atoms with E-state index in [-0.39, 0.29) is 18.6 Å². The molecule has 0 fully saturated rings. The van der Waals surface area contributed by atoms with Crippen LogP contribution in [0.15, 0.2) is 53.2 Å². The number of halogens is 1. The maximum absolute atomic E-state index is 12.9. The van der Waals surface area contributed by atoms with E-state index in [4.69, 9.17) is 16.3 Å². The molecule has 1 aliphatic rings. The van der Waals surface area contributed by atoms with E-state index in [2.05, 4.69) is 22.9 Å². The Hall–Kier alpha value is -1.82. The Bertz CT molecular complexity index is 875. The SMILES string of the molecule is O=C(COc1ccccc1Cl)N1CCc2sccc2[C@H]1c1cccs1. The van der Waals surface area contributed by atoms with E-state index >= 15 is 0 Å². The summed E-state index contributed by atoms with van der Waals surface area (Å²) in [6.07, 6.45) is 0.896. The molecule has 3 aromatic rings. The van der Waals surface area contributed by atoms with Gasteiger partial charge in [-0.1, -0.05) is 29.8 Å². The first-order valence-electron chi connectivity index (χ1n) is 8.00. The zero-order chi connectivity index (χ0) is 17.2. The van der Waals surface area contributed by atoms with Gasteiger partial charge in [0, 0.05) is 16.3 Å². The van der Waals surface area contributed by atoms with Crippen molar-refractivity contribution in [3.63, 3.8) is 0 Å². The lowest BCUT2D eigenvalue weighted by Gasteiger charge is -2.35. The van der Waals surface area contributed by atoms with E-state index in [1.807, 2.05) is 23.1 Å². The first kappa shape index (κ1) is 16.6. The van der Waals surface area contributed by atoms with Crippen LogP contribution in [0.1, 0.15) is 21.4 Å². The lowest BCUT2D eigenvalue weighted by atomic mass is 9.98. The van der Waals surface area contributed by atoms with E-state index in [1.54, 1.807) is 34.8 Å². The van der Waals surface area contributed by atoms with Crippen LogP contribution in [-0.2, 0) is 11.2 Å². The number of rotatable bonds is 4. The molecular weight excluding hydrogens is 374 g/mol. The number of carbonyl (C=O) groups excluding carboxylic acids is 1. The fraction of sp³-hybridized carbons (Fsp3) is 0.211. The molecule has 0 aliphatic carbocycles. The third kappa shape index (κ3) is 3.32. The Kier molecular flexibility index (Phi) is 4.79. The number of benzene rings is 1. The number of hydrogen-bond acceptors (Lipinski definition) is 4. The van der Waals surface area contributed by atoms with Crippen molar-refractivity contribution in [2.75, 3.05) is 13.2 Å². The number of para-hydroxylation sites is 1. The van der Waals surface area contributed by atoms with Gasteiger partial charge in [-0.15, -0.1) is 22.7 Å². The Morgan fingerprint density at radius 2 is 2.04 bits per heavy atom. The van der Waals surface area contributed by atoms with E-state index in [0.717, 1.165) is 6.42 Å². The second kappa shape index (κ2) is 7.20. The minimum absolute atomic E-state index is 0.00885. The number of thiophene rings is 2. The highest BCUT2D eigenvalue weighted by Gasteiger charge is 2.33. The lowest BCUT2D eigenvalue weighted by Crippen LogP contribution is -2.42. The van der Waals surface area contributed by atoms with E-state index in [9.17, 15) is 4.79 Å². The van der Waals surface area contributed by atoms with Gasteiger partial charge in [0.25, 0.3) is 5.91 Å². The molecule has 4 rings (SSSR count). The summed E-state index contributed by atoms with van der Waals surface area (Å²) >= 11 is 9.56. The van der Waals surface area contributed by atoms with Gasteiger partial charge in [-0.2, -0.15) is 0 Å². The predicted octanol–water partition coefficient (Wildman–Crippen LogP) is 5.02. The highest BCUT2D eigenvalue weighted by molar-refractivity contribution is 7.10. The van der Waals surface area contributed by atoms with Gasteiger partial charge in [0.1, 0.15) is 5.75 Å². The summed E-state index contributed by atoms with van der Waals surface area (Å²) in [5, 5.41) is 4.68. The number of nitrogens with zero attached hydrogens (tertiary/aromatic N) is 1. The van der Waals surface area contributed by atoms with Crippen molar-refractivity contribution >= 4 is 40.2 Å². The fourth-order valence-electron chi connectivity index (χ4n) is 3.12. The third-order valence-corrected chi connectivity index (χ3v) is 6.52. The first-order valence-corrected chi connectivity index (χ1v) is 10.1. The van der Waals surface area contributed by atoms with E-state index in [1.165, 1.54) is 15.3 Å². The van der Waals surface area contributed by atoms with E-state index < -0.39 is 0 Å². The van der Waals surface area contributed by atoms with Crippen LogP contribution < -0.4 is 4.74 Å². The van der Waals surface area contributed by atoms with Crippen molar-refractivity contribution in [2.24, 2.45) is 0 Å². The summed E-state index contributed by atoms with van der Waals surface area (Å²) in [5.74, 6) is 0.522. The summed E-state index contributed by atoms with van der Waals surface area (Å²) in [6, 6.07) is 13.5. The van der Waals surface area contributed by atoms with Gasteiger partial charge < -0.3 is 9.64 Å². The fourth-order valence-corrected chi connectivity index (χ4v) is 5.07. The van der Waals surface area contributed by atoms with Crippen LogP contribution in [0.25, 0.3) is 0 Å². The van der Waals surface area contributed by atoms with Crippen molar-refractivity contribution in [1.82, 2.24) is 4.90 Å². The van der Waals surface area contributed by atoms with Crippen molar-refractivity contribution < 1.29 is 9.53 Å². The molecule has 3 heterocycles. The number of ether oxygens (including phenoxy) is 1. The van der Waals surface area contributed by atoms with Crippen LogP contribution in [0.5, 0.6) is 5.75 Å². The Balaban J connectivity index is 1.56. The third-order valence-electron chi connectivity index (χ3n) is 4.29. The molecule has 0 bridgehead atoms. The van der Waals surface area contributed by atoms with Gasteiger partial charge in [-0.25, -0.2) is 0 Å². The van der Waals surface area contributed by atoms with Gasteiger partial charge >= 0.3 is 0 Å². The molecule has 0 radical (unpaired) electrons. The molecule has 6 heteroatoms. The zero-order valence-corrected chi connectivity index (χ0v) is 15.7. The molecule has 0 saturated heterocycles. The molecule has 0 unspecified atom stereocenters. The minimum Gasteiger partial charge on any atom is -0.482 e. The second-order valence-corrected chi connectivity index (χ2v) is 8.16. The first-order chi connectivity index (χ1) is 12.2. The standard InChI is InChI=1S/C19H16ClNO2S2/c20-14-4-1-2-5-15(14)23-12-18(22)21-9-7-16-13(8-11-25-16)19(21)17-6-3-10-24-17/h1-6,8,10-11,19H,7,9,12H2/t19-/m0/s1. The molecule has 128 valence electrons. The normalized spacial score (nSPS) is 16.5. The van der Waals surface area contributed by atoms with Crippen molar-refractivity contribution in [3.05, 3.63) is 73.6 Å². The average molecular weight is 390 g/mol. The predicted molar refractivity (Wildman–Crippen MR) is 103 cm³/mol. The smallest absolute Gasteiger partial charge is 0.261 e. The van der Waals surface area contributed by atoms with Crippen LogP contribution in [0.4, 0.5) is 0 Å². The Labute approximate surface area is 159 Å². The Morgan fingerprint density at radius 3 is 2.84 bits per heavy atom. The summed E-state index contributed by atoms with van der Waals surface area (Å²) in [4.78, 5) is 17.4. The van der Waals surface area contributed by atoms with Gasteiger partial charge in [0.05, 0.1) is 11.1 Å². The molecule has 25 heavy (non-hydrogen) atoms. The number of fused-ring (bicyclic) bond motifs is 1. The van der Waals surface area contributed by atoms with Gasteiger partial charge in [0.15, 0.2) is 6.61 Å².